The average molecular weight is 230 g/mol. The number of hydrogen-bond acceptors (Lipinski definition) is 4. The van der Waals surface area contributed by atoms with Crippen molar-refractivity contribution in [2.24, 2.45) is 5.92 Å². The van der Waals surface area contributed by atoms with E-state index in [1.54, 1.807) is 6.92 Å². The minimum atomic E-state index is -1.33. The highest BCUT2D eigenvalue weighted by molar-refractivity contribution is 5.79. The molecule has 1 rings (SSSR count). The van der Waals surface area contributed by atoms with Crippen LogP contribution < -0.4 is 0 Å². The van der Waals surface area contributed by atoms with Gasteiger partial charge in [0.2, 0.25) is 0 Å². The Bertz CT molecular complexity index is 221. The Labute approximate surface area is 96.9 Å². The van der Waals surface area contributed by atoms with Crippen LogP contribution in [0.1, 0.15) is 39.5 Å². The molecule has 1 saturated heterocycles. The number of carbonyl (C=O) groups is 1. The van der Waals surface area contributed by atoms with Crippen molar-refractivity contribution < 1.29 is 19.4 Å². The van der Waals surface area contributed by atoms with Crippen LogP contribution in [0.25, 0.3) is 0 Å². The summed E-state index contributed by atoms with van der Waals surface area (Å²) in [6.45, 7) is 5.22. The van der Waals surface area contributed by atoms with Gasteiger partial charge in [0.1, 0.15) is 0 Å². The lowest BCUT2D eigenvalue weighted by atomic mass is 9.80. The molecule has 4 heteroatoms. The predicted molar refractivity (Wildman–Crippen MR) is 60.0 cm³/mol. The molecule has 0 radical (unpaired) electrons. The summed E-state index contributed by atoms with van der Waals surface area (Å²) in [7, 11) is 0. The average Bonchev–Trinajstić information content (AvgIpc) is 2.57. The maximum atomic E-state index is 11.8. The van der Waals surface area contributed by atoms with Gasteiger partial charge in [0.25, 0.3) is 0 Å². The van der Waals surface area contributed by atoms with Gasteiger partial charge in [-0.3, -0.25) is 0 Å². The molecule has 2 atom stereocenters. The molecule has 2 unspecified atom stereocenters. The fourth-order valence-electron chi connectivity index (χ4n) is 2.24. The summed E-state index contributed by atoms with van der Waals surface area (Å²) in [5, 5.41) is 10.4. The SMILES string of the molecule is CCOC(=O)C(O)(CC)C1CCCOCC1. The summed E-state index contributed by atoms with van der Waals surface area (Å²) < 4.78 is 10.3. The third kappa shape index (κ3) is 2.95. The first-order valence-corrected chi connectivity index (χ1v) is 6.12. The summed E-state index contributed by atoms with van der Waals surface area (Å²) in [5.74, 6) is -0.525. The molecule has 0 saturated carbocycles. The van der Waals surface area contributed by atoms with Gasteiger partial charge in [0, 0.05) is 19.1 Å². The van der Waals surface area contributed by atoms with Crippen molar-refractivity contribution >= 4 is 5.97 Å². The first kappa shape index (κ1) is 13.5. The van der Waals surface area contributed by atoms with Gasteiger partial charge in [-0.1, -0.05) is 6.92 Å². The Morgan fingerprint density at radius 3 is 2.81 bits per heavy atom. The summed E-state index contributed by atoms with van der Waals surface area (Å²) in [6.07, 6.45) is 2.84. The van der Waals surface area contributed by atoms with Crippen LogP contribution in [0.2, 0.25) is 0 Å². The highest BCUT2D eigenvalue weighted by atomic mass is 16.5. The fourth-order valence-corrected chi connectivity index (χ4v) is 2.24. The zero-order valence-corrected chi connectivity index (χ0v) is 10.2. The molecule has 1 aliphatic rings. The van der Waals surface area contributed by atoms with Crippen LogP contribution in [-0.2, 0) is 14.3 Å². The second kappa shape index (κ2) is 6.21. The number of aliphatic hydroxyl groups is 1. The monoisotopic (exact) mass is 230 g/mol. The van der Waals surface area contributed by atoms with Crippen molar-refractivity contribution in [1.82, 2.24) is 0 Å². The van der Waals surface area contributed by atoms with Crippen LogP contribution in [0.3, 0.4) is 0 Å². The van der Waals surface area contributed by atoms with E-state index < -0.39 is 11.6 Å². The number of ether oxygens (including phenoxy) is 2. The summed E-state index contributed by atoms with van der Waals surface area (Å²) >= 11 is 0. The third-order valence-corrected chi connectivity index (χ3v) is 3.30. The second-order valence-corrected chi connectivity index (χ2v) is 4.24. The van der Waals surface area contributed by atoms with E-state index in [2.05, 4.69) is 0 Å². The minimum Gasteiger partial charge on any atom is -0.464 e. The molecule has 16 heavy (non-hydrogen) atoms. The van der Waals surface area contributed by atoms with Gasteiger partial charge >= 0.3 is 5.97 Å². The Kier molecular flexibility index (Phi) is 5.22. The number of hydrogen-bond donors (Lipinski definition) is 1. The van der Waals surface area contributed by atoms with E-state index in [9.17, 15) is 9.90 Å². The summed E-state index contributed by atoms with van der Waals surface area (Å²) in [5.41, 5.74) is -1.33. The molecule has 1 aliphatic heterocycles. The standard InChI is InChI=1S/C12H22O4/c1-3-12(14,11(13)16-4-2)10-6-5-8-15-9-7-10/h10,14H,3-9H2,1-2H3. The van der Waals surface area contributed by atoms with Gasteiger partial charge < -0.3 is 14.6 Å². The van der Waals surface area contributed by atoms with Crippen molar-refractivity contribution in [3.63, 3.8) is 0 Å². The lowest BCUT2D eigenvalue weighted by Crippen LogP contribution is -2.46. The van der Waals surface area contributed by atoms with Crippen molar-refractivity contribution in [2.75, 3.05) is 19.8 Å². The molecule has 4 nitrogen and oxygen atoms in total. The van der Waals surface area contributed by atoms with Crippen molar-refractivity contribution in [2.45, 2.75) is 45.1 Å². The zero-order chi connectivity index (χ0) is 12.0. The molecule has 0 spiro atoms. The van der Waals surface area contributed by atoms with Crippen LogP contribution in [0.4, 0.5) is 0 Å². The van der Waals surface area contributed by atoms with E-state index in [1.807, 2.05) is 6.92 Å². The molecule has 0 aromatic carbocycles. The molecule has 0 aromatic heterocycles. The molecular formula is C12H22O4. The maximum Gasteiger partial charge on any atom is 0.338 e. The molecule has 0 amide bonds. The Hall–Kier alpha value is -0.610. The molecular weight excluding hydrogens is 208 g/mol. The highest BCUT2D eigenvalue weighted by Gasteiger charge is 2.43. The normalized spacial score (nSPS) is 25.6. The van der Waals surface area contributed by atoms with Crippen LogP contribution in [-0.4, -0.2) is 36.5 Å². The smallest absolute Gasteiger partial charge is 0.338 e. The fraction of sp³-hybridized carbons (Fsp3) is 0.917. The Morgan fingerprint density at radius 1 is 1.44 bits per heavy atom. The van der Waals surface area contributed by atoms with Crippen molar-refractivity contribution in [3.05, 3.63) is 0 Å². The van der Waals surface area contributed by atoms with Gasteiger partial charge in [-0.15, -0.1) is 0 Å². The van der Waals surface area contributed by atoms with Crippen LogP contribution in [0, 0.1) is 5.92 Å². The molecule has 0 aliphatic carbocycles. The minimum absolute atomic E-state index is 0.0425. The predicted octanol–water partition coefficient (Wildman–Crippen LogP) is 1.51. The summed E-state index contributed by atoms with van der Waals surface area (Å²) in [4.78, 5) is 11.8. The van der Waals surface area contributed by atoms with Crippen LogP contribution in [0.5, 0.6) is 0 Å². The lowest BCUT2D eigenvalue weighted by Gasteiger charge is -2.32. The maximum absolute atomic E-state index is 11.8. The van der Waals surface area contributed by atoms with Gasteiger partial charge in [0.05, 0.1) is 6.61 Å². The molecule has 0 bridgehead atoms. The summed E-state index contributed by atoms with van der Waals surface area (Å²) in [6, 6.07) is 0. The molecule has 0 aromatic rings. The van der Waals surface area contributed by atoms with Gasteiger partial charge in [-0.25, -0.2) is 4.79 Å². The molecule has 1 heterocycles. The van der Waals surface area contributed by atoms with E-state index in [1.165, 1.54) is 0 Å². The van der Waals surface area contributed by atoms with Gasteiger partial charge in [-0.2, -0.15) is 0 Å². The number of carbonyl (C=O) groups excluding carboxylic acids is 1. The second-order valence-electron chi connectivity index (χ2n) is 4.24. The van der Waals surface area contributed by atoms with Gasteiger partial charge in [0.15, 0.2) is 5.60 Å². The van der Waals surface area contributed by atoms with Crippen LogP contribution in [0.15, 0.2) is 0 Å². The quantitative estimate of drug-likeness (QED) is 0.744. The molecule has 1 fully saturated rings. The zero-order valence-electron chi connectivity index (χ0n) is 10.2. The number of rotatable bonds is 4. The number of esters is 1. The Morgan fingerprint density at radius 2 is 2.19 bits per heavy atom. The largest absolute Gasteiger partial charge is 0.464 e. The van der Waals surface area contributed by atoms with E-state index >= 15 is 0 Å². The van der Waals surface area contributed by atoms with Crippen molar-refractivity contribution in [3.8, 4) is 0 Å². The van der Waals surface area contributed by atoms with Crippen LogP contribution >= 0.6 is 0 Å². The highest BCUT2D eigenvalue weighted by Crippen LogP contribution is 2.31. The van der Waals surface area contributed by atoms with E-state index in [0.717, 1.165) is 25.9 Å². The van der Waals surface area contributed by atoms with E-state index in [4.69, 9.17) is 9.47 Å². The van der Waals surface area contributed by atoms with Crippen molar-refractivity contribution in [1.29, 1.82) is 0 Å². The Balaban J connectivity index is 2.71. The first-order chi connectivity index (χ1) is 7.65. The molecule has 1 N–H and O–H groups in total. The lowest BCUT2D eigenvalue weighted by molar-refractivity contribution is -0.172. The third-order valence-electron chi connectivity index (χ3n) is 3.30. The van der Waals surface area contributed by atoms with E-state index in [-0.39, 0.29) is 5.92 Å². The van der Waals surface area contributed by atoms with Gasteiger partial charge in [-0.05, 0) is 32.6 Å². The van der Waals surface area contributed by atoms with E-state index in [0.29, 0.717) is 19.6 Å². The molecule has 94 valence electrons. The topological polar surface area (TPSA) is 55.8 Å². The first-order valence-electron chi connectivity index (χ1n) is 6.12.